The number of ether oxygens (including phenoxy) is 2. The minimum Gasteiger partial charge on any atom is -0.497 e. The highest BCUT2D eigenvalue weighted by Gasteiger charge is 2.34. The van der Waals surface area contributed by atoms with Crippen LogP contribution in [0.2, 0.25) is 0 Å². The maximum Gasteiger partial charge on any atom is 0.529 e. The molecule has 0 saturated carbocycles. The van der Waals surface area contributed by atoms with Crippen LogP contribution in [0.3, 0.4) is 0 Å². The molecule has 0 aromatic heterocycles. The lowest BCUT2D eigenvalue weighted by Gasteiger charge is -2.23. The zero-order valence-corrected chi connectivity index (χ0v) is 18.4. The van der Waals surface area contributed by atoms with Crippen LogP contribution in [0.25, 0.3) is 0 Å². The standard InChI is InChI=1S/C20H29O9P/c1-6-13-25-28-30(22,29-26-14-7-2)27-15-12-20(3,4)19(21)24-16-17-8-10-18(23-5)11-9-17/h6-11H,1-2,12-16H2,3-5H3. The maximum atomic E-state index is 12.5. The highest BCUT2D eigenvalue weighted by Crippen LogP contribution is 2.50. The summed E-state index contributed by atoms with van der Waals surface area (Å²) in [4.78, 5) is 21.8. The summed E-state index contributed by atoms with van der Waals surface area (Å²) in [6.45, 7) is 10.1. The molecule has 0 spiro atoms. The Morgan fingerprint density at radius 1 is 1.07 bits per heavy atom. The second-order valence-corrected chi connectivity index (χ2v) is 8.08. The second-order valence-electron chi connectivity index (χ2n) is 6.63. The second kappa shape index (κ2) is 13.3. The van der Waals surface area contributed by atoms with E-state index >= 15 is 0 Å². The van der Waals surface area contributed by atoms with Crippen molar-refractivity contribution in [2.24, 2.45) is 5.41 Å². The molecular formula is C20H29O9P. The first-order valence-electron chi connectivity index (χ1n) is 9.15. The van der Waals surface area contributed by atoms with E-state index in [1.54, 1.807) is 45.2 Å². The summed E-state index contributed by atoms with van der Waals surface area (Å²) >= 11 is 0. The number of benzene rings is 1. The van der Waals surface area contributed by atoms with E-state index in [2.05, 4.69) is 32.3 Å². The minimum absolute atomic E-state index is 0.0403. The van der Waals surface area contributed by atoms with E-state index in [1.165, 1.54) is 12.2 Å². The largest absolute Gasteiger partial charge is 0.529 e. The molecule has 0 N–H and O–H groups in total. The van der Waals surface area contributed by atoms with E-state index in [0.717, 1.165) is 5.56 Å². The summed E-state index contributed by atoms with van der Waals surface area (Å²) in [7, 11) is -2.59. The lowest BCUT2D eigenvalue weighted by molar-refractivity contribution is -0.273. The highest BCUT2D eigenvalue weighted by molar-refractivity contribution is 7.48. The van der Waals surface area contributed by atoms with Crippen molar-refractivity contribution in [2.45, 2.75) is 26.9 Å². The number of methoxy groups -OCH3 is 1. The predicted octanol–water partition coefficient (Wildman–Crippen LogP) is 4.55. The van der Waals surface area contributed by atoms with Crippen molar-refractivity contribution < 1.29 is 42.5 Å². The average molecular weight is 444 g/mol. The van der Waals surface area contributed by atoms with Gasteiger partial charge in [-0.1, -0.05) is 24.3 Å². The van der Waals surface area contributed by atoms with E-state index < -0.39 is 19.2 Å². The van der Waals surface area contributed by atoms with Crippen molar-refractivity contribution in [3.05, 3.63) is 55.1 Å². The third-order valence-electron chi connectivity index (χ3n) is 3.72. The van der Waals surface area contributed by atoms with Gasteiger partial charge in [0, 0.05) is 0 Å². The Kier molecular flexibility index (Phi) is 11.6. The number of rotatable bonds is 16. The molecule has 9 nitrogen and oxygen atoms in total. The normalized spacial score (nSPS) is 11.7. The molecule has 0 fully saturated rings. The van der Waals surface area contributed by atoms with Gasteiger partial charge in [-0.3, -0.25) is 9.32 Å². The SMILES string of the molecule is C=CCOOP(=O)(OCCC(C)(C)C(=O)OCc1ccc(OC)cc1)OOCC=C. The first kappa shape index (κ1) is 26.0. The van der Waals surface area contributed by atoms with Crippen LogP contribution >= 0.6 is 7.82 Å². The van der Waals surface area contributed by atoms with E-state index in [-0.39, 0.29) is 32.8 Å². The van der Waals surface area contributed by atoms with Gasteiger partial charge in [-0.2, -0.15) is 0 Å². The molecule has 1 aromatic rings. The van der Waals surface area contributed by atoms with Crippen molar-refractivity contribution in [1.82, 2.24) is 0 Å². The monoisotopic (exact) mass is 444 g/mol. The summed E-state index contributed by atoms with van der Waals surface area (Å²) in [5.74, 6) is 0.273. The first-order chi connectivity index (χ1) is 14.3. The van der Waals surface area contributed by atoms with Crippen LogP contribution in [-0.4, -0.2) is 32.9 Å². The molecule has 0 aliphatic rings. The number of carbonyl (C=O) groups excluding carboxylic acids is 1. The Morgan fingerprint density at radius 3 is 2.13 bits per heavy atom. The summed E-state index contributed by atoms with van der Waals surface area (Å²) in [5, 5.41) is 0. The van der Waals surface area contributed by atoms with Crippen molar-refractivity contribution in [3.63, 3.8) is 0 Å². The molecule has 10 heteroatoms. The fourth-order valence-corrected chi connectivity index (χ4v) is 2.73. The maximum absolute atomic E-state index is 12.5. The third-order valence-corrected chi connectivity index (χ3v) is 4.79. The quantitative estimate of drug-likeness (QED) is 0.0908. The number of hydrogen-bond acceptors (Lipinski definition) is 9. The van der Waals surface area contributed by atoms with E-state index in [1.807, 2.05) is 0 Å². The van der Waals surface area contributed by atoms with Gasteiger partial charge in [-0.25, -0.2) is 14.3 Å². The number of carbonyl (C=O) groups is 1. The van der Waals surface area contributed by atoms with Crippen LogP contribution in [0.4, 0.5) is 0 Å². The third kappa shape index (κ3) is 9.67. The topological polar surface area (TPSA) is 98.8 Å². The molecule has 0 aliphatic heterocycles. The molecule has 0 radical (unpaired) electrons. The van der Waals surface area contributed by atoms with Crippen LogP contribution in [0.1, 0.15) is 25.8 Å². The molecule has 0 heterocycles. The fourth-order valence-electron chi connectivity index (χ4n) is 1.92. The highest BCUT2D eigenvalue weighted by atomic mass is 31.2. The first-order valence-corrected chi connectivity index (χ1v) is 10.6. The van der Waals surface area contributed by atoms with Gasteiger partial charge in [0.05, 0.1) is 19.1 Å². The molecule has 0 amide bonds. The van der Waals surface area contributed by atoms with Gasteiger partial charge >= 0.3 is 13.8 Å². The lowest BCUT2D eigenvalue weighted by atomic mass is 9.90. The van der Waals surface area contributed by atoms with Crippen LogP contribution < -0.4 is 4.74 Å². The van der Waals surface area contributed by atoms with Gasteiger partial charge < -0.3 is 9.47 Å². The molecule has 0 atom stereocenters. The summed E-state index contributed by atoms with van der Waals surface area (Å²) in [5.41, 5.74) is -0.0948. The van der Waals surface area contributed by atoms with E-state index in [4.69, 9.17) is 14.0 Å². The Labute approximate surface area is 177 Å². The Bertz CT molecular complexity index is 697. The van der Waals surface area contributed by atoms with Crippen molar-refractivity contribution in [3.8, 4) is 5.75 Å². The number of esters is 1. The van der Waals surface area contributed by atoms with Gasteiger partial charge in [0.25, 0.3) is 0 Å². The van der Waals surface area contributed by atoms with Crippen molar-refractivity contribution in [1.29, 1.82) is 0 Å². The van der Waals surface area contributed by atoms with Crippen LogP contribution in [0.5, 0.6) is 5.75 Å². The molecule has 0 bridgehead atoms. The zero-order valence-electron chi connectivity index (χ0n) is 17.5. The Morgan fingerprint density at radius 2 is 1.63 bits per heavy atom. The minimum atomic E-state index is -4.17. The van der Waals surface area contributed by atoms with Crippen molar-refractivity contribution in [2.75, 3.05) is 26.9 Å². The van der Waals surface area contributed by atoms with Gasteiger partial charge in [0.1, 0.15) is 25.6 Å². The smallest absolute Gasteiger partial charge is 0.497 e. The molecule has 0 aliphatic carbocycles. The molecule has 1 aromatic carbocycles. The molecular weight excluding hydrogens is 415 g/mol. The van der Waals surface area contributed by atoms with Gasteiger partial charge in [0.15, 0.2) is 0 Å². The summed E-state index contributed by atoms with van der Waals surface area (Å²) in [6.07, 6.45) is 2.95. The number of phosphoric acid groups is 1. The van der Waals surface area contributed by atoms with Crippen LogP contribution in [-0.2, 0) is 44.4 Å². The summed E-state index contributed by atoms with van der Waals surface area (Å²) < 4.78 is 37.4. The fraction of sp³-hybridized carbons (Fsp3) is 0.450. The predicted molar refractivity (Wildman–Crippen MR) is 109 cm³/mol. The summed E-state index contributed by atoms with van der Waals surface area (Å²) in [6, 6.07) is 7.17. The van der Waals surface area contributed by atoms with Gasteiger partial charge in [-0.05, 0) is 38.0 Å². The molecule has 168 valence electrons. The van der Waals surface area contributed by atoms with Crippen molar-refractivity contribution >= 4 is 13.8 Å². The van der Waals surface area contributed by atoms with Crippen LogP contribution in [0, 0.1) is 5.41 Å². The molecule has 30 heavy (non-hydrogen) atoms. The lowest BCUT2D eigenvalue weighted by Crippen LogP contribution is -2.28. The number of hydrogen-bond donors (Lipinski definition) is 0. The molecule has 0 saturated heterocycles. The zero-order chi connectivity index (χ0) is 22.5. The Hall–Kier alpha value is -2.00. The van der Waals surface area contributed by atoms with Gasteiger partial charge in [0.2, 0.25) is 0 Å². The molecule has 0 unspecified atom stereocenters. The van der Waals surface area contributed by atoms with E-state index in [0.29, 0.717) is 5.75 Å². The Balaban J connectivity index is 2.53. The molecule has 1 rings (SSSR count). The average Bonchev–Trinajstić information content (AvgIpc) is 2.72. The van der Waals surface area contributed by atoms with E-state index in [9.17, 15) is 9.36 Å². The van der Waals surface area contributed by atoms with Gasteiger partial charge in [-0.15, -0.1) is 22.5 Å². The van der Waals surface area contributed by atoms with Crippen LogP contribution in [0.15, 0.2) is 49.6 Å².